The molecule has 0 aliphatic carbocycles. The van der Waals surface area contributed by atoms with Crippen LogP contribution in [0, 0.1) is 0 Å². The van der Waals surface area contributed by atoms with E-state index in [0.29, 0.717) is 19.4 Å². The largest absolute Gasteiger partial charge is 0.466 e. The Morgan fingerprint density at radius 1 is 0.346 bits per heavy atom. The second-order valence-electron chi connectivity index (χ2n) is 24.9. The SMILES string of the molecule is CCCC/C=C\C/C=C\CCCCCCCC(=O)OCCCCCCCCCCCCCC/C=C\CCCCCCCCCCCCCC(=O)NC(CO)C(O)/C=C/CCCCCCCCCCCCCCCCCCCCCCC. The first-order chi connectivity index (χ1) is 40.0. The summed E-state index contributed by atoms with van der Waals surface area (Å²) in [7, 11) is 0. The monoisotopic (exact) mass is 1140 g/mol. The number of hydrogen-bond donors (Lipinski definition) is 3. The van der Waals surface area contributed by atoms with Gasteiger partial charge in [-0.25, -0.2) is 0 Å². The predicted octanol–water partition coefficient (Wildman–Crippen LogP) is 23.6. The molecule has 0 aliphatic heterocycles. The van der Waals surface area contributed by atoms with Crippen LogP contribution in [0.1, 0.15) is 393 Å². The van der Waals surface area contributed by atoms with Crippen molar-refractivity contribution in [2.24, 2.45) is 0 Å². The van der Waals surface area contributed by atoms with Crippen molar-refractivity contribution in [2.75, 3.05) is 13.2 Å². The van der Waals surface area contributed by atoms with Crippen molar-refractivity contribution in [1.82, 2.24) is 5.32 Å². The van der Waals surface area contributed by atoms with Crippen LogP contribution in [0.2, 0.25) is 0 Å². The van der Waals surface area contributed by atoms with Gasteiger partial charge in [-0.05, 0) is 83.5 Å². The number of rotatable bonds is 68. The molecule has 0 rings (SSSR count). The summed E-state index contributed by atoms with van der Waals surface area (Å²) < 4.78 is 5.48. The van der Waals surface area contributed by atoms with Gasteiger partial charge < -0.3 is 20.3 Å². The fraction of sp³-hybridized carbons (Fsp3) is 0.867. The first-order valence-electron chi connectivity index (χ1n) is 36.4. The number of esters is 1. The van der Waals surface area contributed by atoms with Crippen molar-refractivity contribution < 1.29 is 24.5 Å². The van der Waals surface area contributed by atoms with Crippen LogP contribution in [0.5, 0.6) is 0 Å². The van der Waals surface area contributed by atoms with Crippen LogP contribution in [0.4, 0.5) is 0 Å². The van der Waals surface area contributed by atoms with E-state index in [2.05, 4.69) is 55.6 Å². The number of nitrogens with one attached hydrogen (secondary N) is 1. The summed E-state index contributed by atoms with van der Waals surface area (Å²) in [6.45, 7) is 4.89. The molecule has 0 heterocycles. The Morgan fingerprint density at radius 3 is 0.988 bits per heavy atom. The van der Waals surface area contributed by atoms with Gasteiger partial charge in [-0.2, -0.15) is 0 Å². The summed E-state index contributed by atoms with van der Waals surface area (Å²) >= 11 is 0. The topological polar surface area (TPSA) is 95.9 Å². The van der Waals surface area contributed by atoms with Gasteiger partial charge in [0.05, 0.1) is 25.4 Å². The molecule has 6 nitrogen and oxygen atoms in total. The highest BCUT2D eigenvalue weighted by Gasteiger charge is 2.18. The molecule has 0 spiro atoms. The fourth-order valence-corrected chi connectivity index (χ4v) is 11.2. The molecule has 476 valence electrons. The molecule has 2 unspecified atom stereocenters. The molecule has 3 N–H and O–H groups in total. The number of ether oxygens (including phenoxy) is 1. The highest BCUT2D eigenvalue weighted by Crippen LogP contribution is 2.18. The second-order valence-corrected chi connectivity index (χ2v) is 24.9. The molecule has 0 aromatic rings. The van der Waals surface area contributed by atoms with Gasteiger partial charge in [0.2, 0.25) is 5.91 Å². The zero-order valence-corrected chi connectivity index (χ0v) is 54.5. The minimum Gasteiger partial charge on any atom is -0.466 e. The van der Waals surface area contributed by atoms with Gasteiger partial charge in [0.1, 0.15) is 0 Å². The van der Waals surface area contributed by atoms with Gasteiger partial charge in [0.25, 0.3) is 0 Å². The molecule has 81 heavy (non-hydrogen) atoms. The zero-order valence-electron chi connectivity index (χ0n) is 54.5. The summed E-state index contributed by atoms with van der Waals surface area (Å²) in [5, 5.41) is 23.3. The number of carbonyl (C=O) groups is 2. The Kier molecular flexibility index (Phi) is 68.4. The number of carbonyl (C=O) groups excluding carboxylic acids is 2. The third-order valence-electron chi connectivity index (χ3n) is 16.8. The lowest BCUT2D eigenvalue weighted by Crippen LogP contribution is -2.45. The normalized spacial score (nSPS) is 12.8. The number of unbranched alkanes of at least 4 members (excludes halogenated alkanes) is 51. The number of hydrogen-bond acceptors (Lipinski definition) is 5. The summed E-state index contributed by atoms with van der Waals surface area (Å²) in [6, 6.07) is -0.631. The number of aliphatic hydroxyl groups is 2. The maximum absolute atomic E-state index is 12.5. The Labute approximate surface area is 506 Å². The van der Waals surface area contributed by atoms with Crippen LogP contribution in [-0.4, -0.2) is 47.4 Å². The van der Waals surface area contributed by atoms with Gasteiger partial charge in [-0.1, -0.05) is 345 Å². The standard InChI is InChI=1S/C75H141NO5/c1-3-5-7-9-11-13-15-17-19-20-21-22-28-31-34-37-40-43-47-51-55-59-63-67-73(78)72(71-77)76-74(79)68-64-60-56-52-48-44-41-38-35-32-29-26-24-23-25-27-30-33-36-39-42-46-50-54-58-62-66-70-81-75(80)69-65-61-57-53-49-45-18-16-14-12-10-8-6-4-2/h10,12,16,18,23-24,63,67,72-73,77-78H,3-9,11,13-15,17,19-22,25-62,64-66,68-71H2,1-2H3,(H,76,79)/b12-10-,18-16-,24-23-,67-63+. The predicted molar refractivity (Wildman–Crippen MR) is 356 cm³/mol. The van der Waals surface area contributed by atoms with E-state index in [0.717, 1.165) is 51.4 Å². The molecule has 0 saturated heterocycles. The van der Waals surface area contributed by atoms with E-state index in [-0.39, 0.29) is 18.5 Å². The first-order valence-corrected chi connectivity index (χ1v) is 36.4. The Morgan fingerprint density at radius 2 is 0.630 bits per heavy atom. The van der Waals surface area contributed by atoms with E-state index >= 15 is 0 Å². The van der Waals surface area contributed by atoms with Crippen LogP contribution in [0.15, 0.2) is 48.6 Å². The first kappa shape index (κ1) is 78.8. The molecule has 0 bridgehead atoms. The van der Waals surface area contributed by atoms with Gasteiger partial charge in [-0.15, -0.1) is 0 Å². The highest BCUT2D eigenvalue weighted by molar-refractivity contribution is 5.76. The summed E-state index contributed by atoms with van der Waals surface area (Å²) in [4.78, 5) is 24.6. The third kappa shape index (κ3) is 66.8. The van der Waals surface area contributed by atoms with Gasteiger partial charge >= 0.3 is 5.97 Å². The smallest absolute Gasteiger partial charge is 0.305 e. The summed E-state index contributed by atoms with van der Waals surface area (Å²) in [6.07, 6.45) is 92.0. The van der Waals surface area contributed by atoms with E-state index in [1.807, 2.05) is 6.08 Å². The van der Waals surface area contributed by atoms with E-state index in [4.69, 9.17) is 4.74 Å². The van der Waals surface area contributed by atoms with E-state index in [9.17, 15) is 19.8 Å². The van der Waals surface area contributed by atoms with E-state index < -0.39 is 12.1 Å². The molecule has 0 fully saturated rings. The van der Waals surface area contributed by atoms with Crippen molar-refractivity contribution in [3.8, 4) is 0 Å². The molecule has 1 amide bonds. The number of aliphatic hydroxyl groups excluding tert-OH is 2. The molecule has 0 aliphatic rings. The van der Waals surface area contributed by atoms with Gasteiger partial charge in [0.15, 0.2) is 0 Å². The molecule has 0 saturated carbocycles. The highest BCUT2D eigenvalue weighted by atomic mass is 16.5. The zero-order chi connectivity index (χ0) is 58.5. The van der Waals surface area contributed by atoms with Crippen molar-refractivity contribution >= 4 is 11.9 Å². The minimum absolute atomic E-state index is 0.000289. The quantitative estimate of drug-likeness (QED) is 0.0320. The molecule has 0 radical (unpaired) electrons. The maximum Gasteiger partial charge on any atom is 0.305 e. The lowest BCUT2D eigenvalue weighted by Gasteiger charge is -2.20. The van der Waals surface area contributed by atoms with Crippen molar-refractivity contribution in [2.45, 2.75) is 405 Å². The Hall–Kier alpha value is -2.18. The van der Waals surface area contributed by atoms with Gasteiger partial charge in [-0.3, -0.25) is 9.59 Å². The number of allylic oxidation sites excluding steroid dienone is 7. The van der Waals surface area contributed by atoms with E-state index in [1.165, 1.54) is 315 Å². The molecule has 0 aromatic carbocycles. The average Bonchev–Trinajstić information content (AvgIpc) is 3.47. The van der Waals surface area contributed by atoms with Crippen LogP contribution < -0.4 is 5.32 Å². The lowest BCUT2D eigenvalue weighted by molar-refractivity contribution is -0.143. The van der Waals surface area contributed by atoms with Crippen LogP contribution in [0.25, 0.3) is 0 Å². The molecular formula is C75H141NO5. The van der Waals surface area contributed by atoms with Crippen LogP contribution >= 0.6 is 0 Å². The minimum atomic E-state index is -0.847. The van der Waals surface area contributed by atoms with Crippen LogP contribution in [0.3, 0.4) is 0 Å². The molecular weight excluding hydrogens is 995 g/mol. The second kappa shape index (κ2) is 70.3. The Bertz CT molecular complexity index is 1360. The van der Waals surface area contributed by atoms with Crippen molar-refractivity contribution in [3.05, 3.63) is 48.6 Å². The molecule has 2 atom stereocenters. The van der Waals surface area contributed by atoms with Crippen molar-refractivity contribution in [1.29, 1.82) is 0 Å². The summed E-state index contributed by atoms with van der Waals surface area (Å²) in [5.41, 5.74) is 0. The lowest BCUT2D eigenvalue weighted by atomic mass is 10.0. The fourth-order valence-electron chi connectivity index (χ4n) is 11.2. The Balaban J connectivity index is 3.42. The third-order valence-corrected chi connectivity index (χ3v) is 16.8. The van der Waals surface area contributed by atoms with Crippen molar-refractivity contribution in [3.63, 3.8) is 0 Å². The van der Waals surface area contributed by atoms with Gasteiger partial charge in [0, 0.05) is 12.8 Å². The number of amides is 1. The van der Waals surface area contributed by atoms with E-state index in [1.54, 1.807) is 6.08 Å². The molecule has 6 heteroatoms. The summed E-state index contributed by atoms with van der Waals surface area (Å²) in [5.74, 6) is -0.0650. The van der Waals surface area contributed by atoms with Crippen LogP contribution in [-0.2, 0) is 14.3 Å². The average molecular weight is 1140 g/mol. The maximum atomic E-state index is 12.5. The molecule has 0 aromatic heterocycles.